The quantitative estimate of drug-likeness (QED) is 0.134. The van der Waals surface area contributed by atoms with Gasteiger partial charge in [-0.15, -0.1) is 11.3 Å². The molecule has 5 aromatic rings. The van der Waals surface area contributed by atoms with E-state index in [1.54, 1.807) is 31.5 Å². The van der Waals surface area contributed by atoms with Crippen molar-refractivity contribution in [1.29, 1.82) is 0 Å². The summed E-state index contributed by atoms with van der Waals surface area (Å²) in [6, 6.07) is 19.4. The molecule has 1 fully saturated rings. The third-order valence-electron chi connectivity index (χ3n) is 8.89. The van der Waals surface area contributed by atoms with Crippen LogP contribution >= 0.6 is 22.9 Å². The van der Waals surface area contributed by atoms with Crippen LogP contribution in [0.2, 0.25) is 5.02 Å². The predicted molar refractivity (Wildman–Crippen MR) is 193 cm³/mol. The number of para-hydroxylation sites is 1. The minimum absolute atomic E-state index is 0.0634. The number of carboxylic acids is 1. The van der Waals surface area contributed by atoms with Crippen LogP contribution in [0.3, 0.4) is 0 Å². The van der Waals surface area contributed by atoms with E-state index in [4.69, 9.17) is 25.8 Å². The van der Waals surface area contributed by atoms with E-state index in [0.717, 1.165) is 64.6 Å². The molecule has 0 aliphatic carbocycles. The van der Waals surface area contributed by atoms with Crippen LogP contribution in [-0.2, 0) is 17.6 Å². The number of methoxy groups -OCH3 is 1. The summed E-state index contributed by atoms with van der Waals surface area (Å²) in [5.74, 6) is -0.100. The number of hydrogen-bond acceptors (Lipinski definition) is 8. The van der Waals surface area contributed by atoms with Crippen LogP contribution in [0.15, 0.2) is 72.9 Å². The van der Waals surface area contributed by atoms with Crippen molar-refractivity contribution in [3.8, 4) is 38.9 Å². The Balaban J connectivity index is 1.41. The topological polar surface area (TPSA) is 84.4 Å². The van der Waals surface area contributed by atoms with E-state index in [0.29, 0.717) is 40.5 Å². The Morgan fingerprint density at radius 3 is 2.51 bits per heavy atom. The Labute approximate surface area is 294 Å². The number of fused-ring (bicyclic) bond motifs is 1. The predicted octanol–water partition coefficient (Wildman–Crippen LogP) is 7.69. The molecule has 0 spiro atoms. The first-order valence-electron chi connectivity index (χ1n) is 16.3. The number of carbonyl (C=O) groups is 1. The van der Waals surface area contributed by atoms with Crippen LogP contribution in [-0.4, -0.2) is 85.5 Å². The third-order valence-corrected chi connectivity index (χ3v) is 10.5. The van der Waals surface area contributed by atoms with Crippen LogP contribution in [0.5, 0.6) is 17.4 Å². The Bertz CT molecular complexity index is 1930. The molecule has 6 rings (SSSR count). The number of carboxylic acid groups (broad SMARTS) is 1. The molecular formula is C38H39ClFN3O5S. The fourth-order valence-corrected chi connectivity index (χ4v) is 7.76. The first-order valence-corrected chi connectivity index (χ1v) is 17.5. The zero-order chi connectivity index (χ0) is 34.5. The Morgan fingerprint density at radius 1 is 1.04 bits per heavy atom. The number of likely N-dealkylation sites (N-methyl/N-ethyl adjacent to an activating group) is 1. The van der Waals surface area contributed by atoms with Gasteiger partial charge in [0.2, 0.25) is 12.0 Å². The molecule has 256 valence electrons. The number of benzene rings is 3. The lowest BCUT2D eigenvalue weighted by molar-refractivity contribution is -0.145. The van der Waals surface area contributed by atoms with Crippen LogP contribution < -0.4 is 14.2 Å². The van der Waals surface area contributed by atoms with Gasteiger partial charge in [-0.1, -0.05) is 54.9 Å². The van der Waals surface area contributed by atoms with Gasteiger partial charge >= 0.3 is 5.97 Å². The molecule has 0 saturated carbocycles. The monoisotopic (exact) mass is 703 g/mol. The SMILES string of the molecule is CCc1c(-c2c(-c3ccc(F)cc3)sc3ccnc(OC(Cc4ccccc4OC)C(=O)O)c23)ccc(OCCN2CCN(C)CC2)c1Cl. The maximum absolute atomic E-state index is 14.1. The van der Waals surface area contributed by atoms with E-state index in [2.05, 4.69) is 21.8 Å². The molecule has 0 radical (unpaired) electrons. The number of ether oxygens (including phenoxy) is 3. The molecule has 3 heterocycles. The molecule has 1 atom stereocenters. The number of rotatable bonds is 13. The van der Waals surface area contributed by atoms with Gasteiger partial charge < -0.3 is 24.2 Å². The molecular weight excluding hydrogens is 665 g/mol. The molecule has 1 saturated heterocycles. The second kappa shape index (κ2) is 15.6. The van der Waals surface area contributed by atoms with Gasteiger partial charge in [0, 0.05) is 60.5 Å². The van der Waals surface area contributed by atoms with Gasteiger partial charge in [-0.25, -0.2) is 14.2 Å². The zero-order valence-corrected chi connectivity index (χ0v) is 29.3. The summed E-state index contributed by atoms with van der Waals surface area (Å²) in [7, 11) is 3.68. The van der Waals surface area contributed by atoms with Crippen LogP contribution in [0.1, 0.15) is 18.1 Å². The first-order chi connectivity index (χ1) is 23.8. The number of pyridine rings is 1. The van der Waals surface area contributed by atoms with Gasteiger partial charge in [0.05, 0.1) is 17.5 Å². The molecule has 2 aromatic heterocycles. The molecule has 1 aliphatic heterocycles. The third kappa shape index (κ3) is 7.68. The Hall–Kier alpha value is -4.22. The summed E-state index contributed by atoms with van der Waals surface area (Å²) in [5.41, 5.74) is 4.02. The maximum atomic E-state index is 14.1. The van der Waals surface area contributed by atoms with Gasteiger partial charge in [0.1, 0.15) is 23.9 Å². The van der Waals surface area contributed by atoms with Crippen molar-refractivity contribution in [2.75, 3.05) is 53.5 Å². The highest BCUT2D eigenvalue weighted by atomic mass is 35.5. The van der Waals surface area contributed by atoms with Crippen LogP contribution in [0.4, 0.5) is 4.39 Å². The lowest BCUT2D eigenvalue weighted by atomic mass is 9.93. The number of piperazine rings is 1. The van der Waals surface area contributed by atoms with E-state index in [9.17, 15) is 14.3 Å². The fraction of sp³-hybridized carbons (Fsp3) is 0.316. The number of hydrogen-bond donors (Lipinski definition) is 1. The molecule has 11 heteroatoms. The van der Waals surface area contributed by atoms with Gasteiger partial charge in [-0.3, -0.25) is 4.90 Å². The van der Waals surface area contributed by atoms with E-state index in [1.807, 2.05) is 43.3 Å². The van der Waals surface area contributed by atoms with E-state index < -0.39 is 12.1 Å². The zero-order valence-electron chi connectivity index (χ0n) is 27.7. The lowest BCUT2D eigenvalue weighted by Crippen LogP contribution is -2.45. The van der Waals surface area contributed by atoms with E-state index >= 15 is 0 Å². The maximum Gasteiger partial charge on any atom is 0.345 e. The molecule has 1 aliphatic rings. The first kappa shape index (κ1) is 34.6. The van der Waals surface area contributed by atoms with E-state index in [-0.39, 0.29) is 18.1 Å². The lowest BCUT2D eigenvalue weighted by Gasteiger charge is -2.32. The standard InChI is InChI=1S/C38H39ClFN3O5S/c1-4-27-28(13-14-30(35(27)39)47-22-21-43-19-17-42(2)18-20-43)33-34-32(49-36(33)24-9-11-26(40)12-10-24)15-16-41-37(34)48-31(38(44)45)23-25-7-5-6-8-29(25)46-3/h5-16,31H,4,17-23H2,1-3H3,(H,44,45). The van der Waals surface area contributed by atoms with Gasteiger partial charge in [0.15, 0.2) is 0 Å². The largest absolute Gasteiger partial charge is 0.496 e. The number of aliphatic carboxylic acids is 1. The summed E-state index contributed by atoms with van der Waals surface area (Å²) >= 11 is 8.60. The highest BCUT2D eigenvalue weighted by molar-refractivity contribution is 7.23. The fourth-order valence-electron chi connectivity index (χ4n) is 6.20. The number of halogens is 2. The average molecular weight is 704 g/mol. The summed E-state index contributed by atoms with van der Waals surface area (Å²) in [4.78, 5) is 22.7. The second-order valence-corrected chi connectivity index (χ2v) is 13.4. The van der Waals surface area contributed by atoms with Crippen molar-refractivity contribution < 1.29 is 28.5 Å². The van der Waals surface area contributed by atoms with Crippen molar-refractivity contribution in [3.63, 3.8) is 0 Å². The number of nitrogens with zero attached hydrogens (tertiary/aromatic N) is 3. The van der Waals surface area contributed by atoms with Crippen molar-refractivity contribution in [2.45, 2.75) is 25.9 Å². The molecule has 1 unspecified atom stereocenters. The van der Waals surface area contributed by atoms with Gasteiger partial charge in [-0.05, 0) is 66.1 Å². The minimum atomic E-state index is -1.25. The average Bonchev–Trinajstić information content (AvgIpc) is 3.50. The summed E-state index contributed by atoms with van der Waals surface area (Å²) in [6.07, 6.45) is 1.03. The second-order valence-electron chi connectivity index (χ2n) is 12.0. The molecule has 0 amide bonds. The highest BCUT2D eigenvalue weighted by Gasteiger charge is 2.28. The molecule has 3 aromatic carbocycles. The normalized spacial score (nSPS) is 14.6. The van der Waals surface area contributed by atoms with E-state index in [1.165, 1.54) is 23.5 Å². The van der Waals surface area contributed by atoms with Crippen molar-refractivity contribution in [1.82, 2.24) is 14.8 Å². The van der Waals surface area contributed by atoms with Crippen LogP contribution in [0, 0.1) is 5.82 Å². The van der Waals surface area contributed by atoms with Gasteiger partial charge in [-0.2, -0.15) is 0 Å². The van der Waals surface area contributed by atoms with Crippen molar-refractivity contribution in [2.24, 2.45) is 0 Å². The molecule has 0 bridgehead atoms. The Morgan fingerprint density at radius 2 is 1.80 bits per heavy atom. The number of thiophene rings is 1. The van der Waals surface area contributed by atoms with Crippen molar-refractivity contribution in [3.05, 3.63) is 94.9 Å². The van der Waals surface area contributed by atoms with Crippen LogP contribution in [0.25, 0.3) is 31.7 Å². The Kier molecular flexibility index (Phi) is 11.0. The minimum Gasteiger partial charge on any atom is -0.496 e. The molecule has 1 N–H and O–H groups in total. The molecule has 8 nitrogen and oxygen atoms in total. The summed E-state index contributed by atoms with van der Waals surface area (Å²) < 4.78 is 32.9. The van der Waals surface area contributed by atoms with Crippen molar-refractivity contribution >= 4 is 39.0 Å². The summed E-state index contributed by atoms with van der Waals surface area (Å²) in [5, 5.41) is 11.5. The van der Waals surface area contributed by atoms with Gasteiger partial charge in [0.25, 0.3) is 0 Å². The molecule has 49 heavy (non-hydrogen) atoms. The summed E-state index contributed by atoms with van der Waals surface area (Å²) in [6.45, 7) is 7.44. The smallest absolute Gasteiger partial charge is 0.345 e. The highest BCUT2D eigenvalue weighted by Crippen LogP contribution is 2.50. The number of aromatic nitrogens is 1.